The van der Waals surface area contributed by atoms with E-state index in [9.17, 15) is 0 Å². The maximum Gasteiger partial charge on any atom is 0.275 e. The first kappa shape index (κ1) is 12.3. The Hall–Kier alpha value is -1.69. The number of hydrogen-bond donors (Lipinski definition) is 2. The van der Waals surface area contributed by atoms with Gasteiger partial charge in [0.1, 0.15) is 5.69 Å². The second kappa shape index (κ2) is 4.77. The summed E-state index contributed by atoms with van der Waals surface area (Å²) >= 11 is 0. The Bertz CT molecular complexity index is 525. The van der Waals surface area contributed by atoms with Crippen molar-refractivity contribution in [3.8, 4) is 11.6 Å². The fourth-order valence-corrected chi connectivity index (χ4v) is 2.73. The first-order valence-corrected chi connectivity index (χ1v) is 6.84. The van der Waals surface area contributed by atoms with Gasteiger partial charge in [0, 0.05) is 6.20 Å². The molecule has 1 fully saturated rings. The summed E-state index contributed by atoms with van der Waals surface area (Å²) in [7, 11) is 0. The minimum Gasteiger partial charge on any atom is -0.332 e. The van der Waals surface area contributed by atoms with Gasteiger partial charge in [0.25, 0.3) is 5.89 Å². The van der Waals surface area contributed by atoms with E-state index in [0.717, 1.165) is 37.3 Å². The average molecular weight is 261 g/mol. The average Bonchev–Trinajstić information content (AvgIpc) is 3.10. The zero-order valence-corrected chi connectivity index (χ0v) is 11.1. The molecule has 3 N–H and O–H groups in total. The fourth-order valence-electron chi connectivity index (χ4n) is 2.73. The van der Waals surface area contributed by atoms with Crippen LogP contribution in [0.3, 0.4) is 0 Å². The second-order valence-electron chi connectivity index (χ2n) is 5.40. The molecule has 0 aliphatic heterocycles. The Kier molecular flexibility index (Phi) is 3.10. The summed E-state index contributed by atoms with van der Waals surface area (Å²) in [5.74, 6) is 1.86. The van der Waals surface area contributed by atoms with Gasteiger partial charge in [-0.15, -0.1) is 0 Å². The molecule has 0 spiro atoms. The molecule has 1 aliphatic carbocycles. The molecule has 0 amide bonds. The van der Waals surface area contributed by atoms with Crippen LogP contribution >= 0.6 is 0 Å². The molecule has 2 heterocycles. The summed E-state index contributed by atoms with van der Waals surface area (Å²) in [4.78, 5) is 4.42. The lowest BCUT2D eigenvalue weighted by molar-refractivity contribution is 0.216. The number of H-pyrrole nitrogens is 1. The van der Waals surface area contributed by atoms with E-state index in [1.54, 1.807) is 12.3 Å². The van der Waals surface area contributed by atoms with Gasteiger partial charge in [0.05, 0.1) is 5.54 Å². The Morgan fingerprint density at radius 2 is 2.26 bits per heavy atom. The molecule has 6 nitrogen and oxygen atoms in total. The number of nitrogens with one attached hydrogen (secondary N) is 1. The van der Waals surface area contributed by atoms with E-state index in [-0.39, 0.29) is 0 Å². The highest BCUT2D eigenvalue weighted by molar-refractivity contribution is 5.44. The molecule has 19 heavy (non-hydrogen) atoms. The van der Waals surface area contributed by atoms with Gasteiger partial charge in [-0.05, 0) is 37.7 Å². The third-order valence-electron chi connectivity index (χ3n) is 4.18. The van der Waals surface area contributed by atoms with E-state index in [1.165, 1.54) is 6.42 Å². The van der Waals surface area contributed by atoms with E-state index in [2.05, 4.69) is 27.3 Å². The number of rotatable bonds is 3. The molecule has 6 heteroatoms. The zero-order chi connectivity index (χ0) is 13.3. The lowest BCUT2D eigenvalue weighted by Gasteiger charge is -2.34. The highest BCUT2D eigenvalue weighted by Crippen LogP contribution is 2.37. The Labute approximate surface area is 111 Å². The lowest BCUT2D eigenvalue weighted by atomic mass is 9.76. The van der Waals surface area contributed by atoms with Crippen LogP contribution < -0.4 is 5.73 Å². The largest absolute Gasteiger partial charge is 0.332 e. The SMILES string of the molecule is CCC1CCC(N)(c2noc(-c3ccn[nH]3)n2)CC1. The fraction of sp³-hybridized carbons (Fsp3) is 0.615. The first-order chi connectivity index (χ1) is 9.21. The third kappa shape index (κ3) is 2.28. The van der Waals surface area contributed by atoms with Crippen molar-refractivity contribution in [1.82, 2.24) is 20.3 Å². The number of aromatic amines is 1. The summed E-state index contributed by atoms with van der Waals surface area (Å²) in [5, 5.41) is 10.7. The maximum absolute atomic E-state index is 6.45. The summed E-state index contributed by atoms with van der Waals surface area (Å²) < 4.78 is 5.27. The van der Waals surface area contributed by atoms with Crippen LogP contribution in [0.15, 0.2) is 16.8 Å². The van der Waals surface area contributed by atoms with Crippen LogP contribution in [0.1, 0.15) is 44.9 Å². The minimum atomic E-state index is -0.437. The van der Waals surface area contributed by atoms with Crippen LogP contribution in [0.5, 0.6) is 0 Å². The lowest BCUT2D eigenvalue weighted by Crippen LogP contribution is -2.41. The van der Waals surface area contributed by atoms with Gasteiger partial charge >= 0.3 is 0 Å². The topological polar surface area (TPSA) is 93.6 Å². The number of hydrogen-bond acceptors (Lipinski definition) is 5. The van der Waals surface area contributed by atoms with Crippen LogP contribution in [0.2, 0.25) is 0 Å². The van der Waals surface area contributed by atoms with Gasteiger partial charge in [-0.25, -0.2) is 0 Å². The van der Waals surface area contributed by atoms with Crippen molar-refractivity contribution in [3.63, 3.8) is 0 Å². The molecule has 0 unspecified atom stereocenters. The molecule has 2 aromatic rings. The van der Waals surface area contributed by atoms with Gasteiger partial charge in [0.2, 0.25) is 0 Å². The van der Waals surface area contributed by atoms with E-state index >= 15 is 0 Å². The van der Waals surface area contributed by atoms with E-state index in [4.69, 9.17) is 10.3 Å². The Morgan fingerprint density at radius 3 is 2.89 bits per heavy atom. The van der Waals surface area contributed by atoms with Crippen LogP contribution in [-0.2, 0) is 5.54 Å². The van der Waals surface area contributed by atoms with Gasteiger partial charge in [-0.2, -0.15) is 10.1 Å². The van der Waals surface area contributed by atoms with Crippen molar-refractivity contribution in [2.45, 2.75) is 44.6 Å². The molecule has 0 radical (unpaired) electrons. The maximum atomic E-state index is 6.45. The van der Waals surface area contributed by atoms with Crippen LogP contribution in [-0.4, -0.2) is 20.3 Å². The summed E-state index contributed by atoms with van der Waals surface area (Å²) in [6.07, 6.45) is 7.01. The van der Waals surface area contributed by atoms with Gasteiger partial charge in [0.15, 0.2) is 5.82 Å². The molecule has 0 aromatic carbocycles. The van der Waals surface area contributed by atoms with Gasteiger partial charge in [-0.1, -0.05) is 18.5 Å². The quantitative estimate of drug-likeness (QED) is 0.883. The minimum absolute atomic E-state index is 0.437. The predicted molar refractivity (Wildman–Crippen MR) is 70.0 cm³/mol. The standard InChI is InChI=1S/C13H19N5O/c1-2-9-3-6-13(14,7-4-9)12-16-11(19-18-12)10-5-8-15-17-10/h5,8-9H,2-4,6-7,14H2,1H3,(H,15,17). The first-order valence-electron chi connectivity index (χ1n) is 6.84. The van der Waals surface area contributed by atoms with E-state index in [0.29, 0.717) is 11.7 Å². The molecular weight excluding hydrogens is 242 g/mol. The smallest absolute Gasteiger partial charge is 0.275 e. The predicted octanol–water partition coefficient (Wildman–Crippen LogP) is 2.21. The Morgan fingerprint density at radius 1 is 1.47 bits per heavy atom. The molecule has 1 aliphatic rings. The molecule has 1 saturated carbocycles. The molecule has 2 aromatic heterocycles. The molecular formula is C13H19N5O. The van der Waals surface area contributed by atoms with Crippen LogP contribution in [0.4, 0.5) is 0 Å². The number of nitrogens with zero attached hydrogens (tertiary/aromatic N) is 3. The molecule has 102 valence electrons. The molecule has 3 rings (SSSR count). The van der Waals surface area contributed by atoms with Gasteiger partial charge < -0.3 is 10.3 Å². The van der Waals surface area contributed by atoms with Crippen molar-refractivity contribution in [2.24, 2.45) is 11.7 Å². The zero-order valence-electron chi connectivity index (χ0n) is 11.1. The van der Waals surface area contributed by atoms with Crippen molar-refractivity contribution < 1.29 is 4.52 Å². The number of aromatic nitrogens is 4. The van der Waals surface area contributed by atoms with Crippen molar-refractivity contribution >= 4 is 0 Å². The highest BCUT2D eigenvalue weighted by Gasteiger charge is 2.37. The van der Waals surface area contributed by atoms with E-state index in [1.807, 2.05) is 0 Å². The monoisotopic (exact) mass is 261 g/mol. The van der Waals surface area contributed by atoms with Crippen molar-refractivity contribution in [3.05, 3.63) is 18.1 Å². The molecule has 0 saturated heterocycles. The van der Waals surface area contributed by atoms with Crippen molar-refractivity contribution in [1.29, 1.82) is 0 Å². The second-order valence-corrected chi connectivity index (χ2v) is 5.40. The Balaban J connectivity index is 1.79. The molecule has 0 atom stereocenters. The third-order valence-corrected chi connectivity index (χ3v) is 4.18. The van der Waals surface area contributed by atoms with Crippen LogP contribution in [0, 0.1) is 5.92 Å². The van der Waals surface area contributed by atoms with Crippen LogP contribution in [0.25, 0.3) is 11.6 Å². The summed E-state index contributed by atoms with van der Waals surface area (Å²) in [5.41, 5.74) is 6.74. The summed E-state index contributed by atoms with van der Waals surface area (Å²) in [6.45, 7) is 2.23. The van der Waals surface area contributed by atoms with E-state index < -0.39 is 5.54 Å². The van der Waals surface area contributed by atoms with Crippen molar-refractivity contribution in [2.75, 3.05) is 0 Å². The normalized spacial score (nSPS) is 27.6. The van der Waals surface area contributed by atoms with Gasteiger partial charge in [-0.3, -0.25) is 5.10 Å². The highest BCUT2D eigenvalue weighted by atomic mass is 16.5. The number of nitrogens with two attached hydrogens (primary N) is 1. The molecule has 0 bridgehead atoms. The summed E-state index contributed by atoms with van der Waals surface area (Å²) in [6, 6.07) is 1.80.